The Morgan fingerprint density at radius 3 is 2.63 bits per heavy atom. The Balaban J connectivity index is 1.84. The van der Waals surface area contributed by atoms with E-state index in [1.807, 2.05) is 0 Å². The fourth-order valence-corrected chi connectivity index (χ4v) is 3.76. The number of carbonyl (C=O) groups is 1. The third kappa shape index (κ3) is 4.20. The van der Waals surface area contributed by atoms with Crippen LogP contribution in [0.5, 0.6) is 0 Å². The largest absolute Gasteiger partial charge is 0.353 e. The molecule has 1 saturated heterocycles. The molecular formula is C16H30N2O. The van der Waals surface area contributed by atoms with Crippen LogP contribution in [0, 0.1) is 11.8 Å². The van der Waals surface area contributed by atoms with E-state index in [2.05, 4.69) is 24.5 Å². The van der Waals surface area contributed by atoms with E-state index < -0.39 is 0 Å². The lowest BCUT2D eigenvalue weighted by Gasteiger charge is -2.33. The molecule has 0 radical (unpaired) electrons. The van der Waals surface area contributed by atoms with Gasteiger partial charge in [0.2, 0.25) is 5.91 Å². The number of hydrogen-bond acceptors (Lipinski definition) is 2. The minimum atomic E-state index is 0.230. The first kappa shape index (κ1) is 14.8. The molecule has 0 aromatic heterocycles. The molecule has 3 heteroatoms. The van der Waals surface area contributed by atoms with Crippen LogP contribution in [0.3, 0.4) is 0 Å². The summed E-state index contributed by atoms with van der Waals surface area (Å²) in [4.78, 5) is 12.4. The SMILES string of the molecule is CCC(NC(=O)C1CCNC(C)C1)C1CCCCC1. The van der Waals surface area contributed by atoms with Crippen molar-refractivity contribution in [3.8, 4) is 0 Å². The molecule has 0 bridgehead atoms. The Bertz CT molecular complexity index is 286. The number of carbonyl (C=O) groups excluding carboxylic acids is 1. The second-order valence-corrected chi connectivity index (χ2v) is 6.50. The topological polar surface area (TPSA) is 41.1 Å². The van der Waals surface area contributed by atoms with Gasteiger partial charge in [0.25, 0.3) is 0 Å². The molecule has 1 amide bonds. The van der Waals surface area contributed by atoms with Crippen LogP contribution < -0.4 is 10.6 Å². The first-order valence-corrected chi connectivity index (χ1v) is 8.24. The summed E-state index contributed by atoms with van der Waals surface area (Å²) in [5, 5.41) is 6.78. The van der Waals surface area contributed by atoms with Crippen molar-refractivity contribution in [1.29, 1.82) is 0 Å². The molecule has 2 aliphatic rings. The summed E-state index contributed by atoms with van der Waals surface area (Å²) in [7, 11) is 0. The van der Waals surface area contributed by atoms with Crippen LogP contribution in [-0.2, 0) is 4.79 Å². The van der Waals surface area contributed by atoms with Crippen LogP contribution in [-0.4, -0.2) is 24.5 Å². The normalized spacial score (nSPS) is 30.8. The van der Waals surface area contributed by atoms with Gasteiger partial charge in [-0.3, -0.25) is 4.79 Å². The summed E-state index contributed by atoms with van der Waals surface area (Å²) in [6.45, 7) is 5.38. The van der Waals surface area contributed by atoms with Gasteiger partial charge in [-0.1, -0.05) is 26.2 Å². The molecule has 3 atom stereocenters. The zero-order valence-corrected chi connectivity index (χ0v) is 12.6. The highest BCUT2D eigenvalue weighted by atomic mass is 16.1. The lowest BCUT2D eigenvalue weighted by Crippen LogP contribution is -2.47. The van der Waals surface area contributed by atoms with E-state index in [0.717, 1.165) is 31.7 Å². The van der Waals surface area contributed by atoms with E-state index in [-0.39, 0.29) is 5.92 Å². The minimum Gasteiger partial charge on any atom is -0.353 e. The van der Waals surface area contributed by atoms with Crippen molar-refractivity contribution >= 4 is 5.91 Å². The highest BCUT2D eigenvalue weighted by Gasteiger charge is 2.29. The number of nitrogens with one attached hydrogen (secondary N) is 2. The van der Waals surface area contributed by atoms with Gasteiger partial charge in [-0.15, -0.1) is 0 Å². The second kappa shape index (κ2) is 7.28. The Morgan fingerprint density at radius 1 is 1.26 bits per heavy atom. The van der Waals surface area contributed by atoms with Crippen molar-refractivity contribution in [2.45, 2.75) is 77.3 Å². The summed E-state index contributed by atoms with van der Waals surface area (Å²) in [5.74, 6) is 1.27. The summed E-state index contributed by atoms with van der Waals surface area (Å²) < 4.78 is 0. The molecule has 3 nitrogen and oxygen atoms in total. The van der Waals surface area contributed by atoms with Crippen LogP contribution in [0.4, 0.5) is 0 Å². The van der Waals surface area contributed by atoms with E-state index in [0.29, 0.717) is 18.0 Å². The molecule has 2 N–H and O–H groups in total. The van der Waals surface area contributed by atoms with Crippen LogP contribution in [0.25, 0.3) is 0 Å². The summed E-state index contributed by atoms with van der Waals surface area (Å²) in [6, 6.07) is 0.900. The summed E-state index contributed by atoms with van der Waals surface area (Å²) in [5.41, 5.74) is 0. The molecule has 3 unspecified atom stereocenters. The van der Waals surface area contributed by atoms with Crippen molar-refractivity contribution in [2.75, 3.05) is 6.54 Å². The Hall–Kier alpha value is -0.570. The third-order valence-corrected chi connectivity index (χ3v) is 4.98. The zero-order valence-electron chi connectivity index (χ0n) is 12.6. The molecule has 0 aromatic rings. The van der Waals surface area contributed by atoms with Gasteiger partial charge in [0.15, 0.2) is 0 Å². The lowest BCUT2D eigenvalue weighted by molar-refractivity contribution is -0.127. The highest BCUT2D eigenvalue weighted by molar-refractivity contribution is 5.79. The minimum absolute atomic E-state index is 0.230. The molecular weight excluding hydrogens is 236 g/mol. The molecule has 1 aliphatic heterocycles. The Labute approximate surface area is 117 Å². The molecule has 19 heavy (non-hydrogen) atoms. The molecule has 0 aromatic carbocycles. The van der Waals surface area contributed by atoms with Crippen molar-refractivity contribution in [3.05, 3.63) is 0 Å². The first-order valence-electron chi connectivity index (χ1n) is 8.24. The maximum absolute atomic E-state index is 12.4. The predicted octanol–water partition coefficient (Wildman–Crippen LogP) is 2.85. The molecule has 1 heterocycles. The van der Waals surface area contributed by atoms with Crippen molar-refractivity contribution in [1.82, 2.24) is 10.6 Å². The lowest BCUT2D eigenvalue weighted by atomic mass is 9.82. The Kier molecular flexibility index (Phi) is 5.68. The van der Waals surface area contributed by atoms with E-state index >= 15 is 0 Å². The smallest absolute Gasteiger partial charge is 0.223 e. The molecule has 1 saturated carbocycles. The number of piperidine rings is 1. The van der Waals surface area contributed by atoms with Gasteiger partial charge in [-0.25, -0.2) is 0 Å². The van der Waals surface area contributed by atoms with Gasteiger partial charge in [-0.05, 0) is 51.5 Å². The summed E-state index contributed by atoms with van der Waals surface area (Å²) >= 11 is 0. The van der Waals surface area contributed by atoms with Gasteiger partial charge >= 0.3 is 0 Å². The Morgan fingerprint density at radius 2 is 2.00 bits per heavy atom. The third-order valence-electron chi connectivity index (χ3n) is 4.98. The maximum atomic E-state index is 12.4. The number of hydrogen-bond donors (Lipinski definition) is 2. The van der Waals surface area contributed by atoms with E-state index in [1.165, 1.54) is 32.1 Å². The van der Waals surface area contributed by atoms with E-state index in [4.69, 9.17) is 0 Å². The quantitative estimate of drug-likeness (QED) is 0.821. The van der Waals surface area contributed by atoms with Gasteiger partial charge in [-0.2, -0.15) is 0 Å². The predicted molar refractivity (Wildman–Crippen MR) is 79.0 cm³/mol. The van der Waals surface area contributed by atoms with Crippen molar-refractivity contribution in [3.63, 3.8) is 0 Å². The standard InChI is InChI=1S/C16H30N2O/c1-3-15(13-7-5-4-6-8-13)18-16(19)14-9-10-17-12(2)11-14/h12-15,17H,3-11H2,1-2H3,(H,18,19). The van der Waals surface area contributed by atoms with Crippen LogP contribution in [0.15, 0.2) is 0 Å². The maximum Gasteiger partial charge on any atom is 0.223 e. The molecule has 2 fully saturated rings. The molecule has 1 aliphatic carbocycles. The van der Waals surface area contributed by atoms with E-state index in [1.54, 1.807) is 0 Å². The van der Waals surface area contributed by atoms with E-state index in [9.17, 15) is 4.79 Å². The average Bonchev–Trinajstić information content (AvgIpc) is 2.45. The number of amides is 1. The zero-order chi connectivity index (χ0) is 13.7. The molecule has 0 spiro atoms. The van der Waals surface area contributed by atoms with Gasteiger partial charge in [0.05, 0.1) is 0 Å². The molecule has 110 valence electrons. The van der Waals surface area contributed by atoms with Crippen LogP contribution in [0.2, 0.25) is 0 Å². The fraction of sp³-hybridized carbons (Fsp3) is 0.938. The fourth-order valence-electron chi connectivity index (χ4n) is 3.76. The molecule has 2 rings (SSSR count). The number of rotatable bonds is 4. The van der Waals surface area contributed by atoms with Crippen LogP contribution >= 0.6 is 0 Å². The van der Waals surface area contributed by atoms with Gasteiger partial charge in [0.1, 0.15) is 0 Å². The monoisotopic (exact) mass is 266 g/mol. The second-order valence-electron chi connectivity index (χ2n) is 6.50. The summed E-state index contributed by atoms with van der Waals surface area (Å²) in [6.07, 6.45) is 9.76. The van der Waals surface area contributed by atoms with Crippen molar-refractivity contribution < 1.29 is 4.79 Å². The highest BCUT2D eigenvalue weighted by Crippen LogP contribution is 2.28. The van der Waals surface area contributed by atoms with Crippen LogP contribution in [0.1, 0.15) is 65.2 Å². The average molecular weight is 266 g/mol. The van der Waals surface area contributed by atoms with Gasteiger partial charge < -0.3 is 10.6 Å². The first-order chi connectivity index (χ1) is 9.20. The van der Waals surface area contributed by atoms with Gasteiger partial charge in [0, 0.05) is 18.0 Å². The van der Waals surface area contributed by atoms with Crippen molar-refractivity contribution in [2.24, 2.45) is 11.8 Å².